The normalized spacial score (nSPS) is 18.6. The maximum absolute atomic E-state index is 11.7. The van der Waals surface area contributed by atoms with E-state index in [4.69, 9.17) is 5.73 Å². The van der Waals surface area contributed by atoms with Crippen LogP contribution in [0.5, 0.6) is 0 Å². The van der Waals surface area contributed by atoms with Crippen molar-refractivity contribution in [3.63, 3.8) is 0 Å². The van der Waals surface area contributed by atoms with Gasteiger partial charge in [0.05, 0.1) is 10.8 Å². The van der Waals surface area contributed by atoms with Crippen LogP contribution in [0.3, 0.4) is 0 Å². The van der Waals surface area contributed by atoms with Gasteiger partial charge >= 0.3 is 0 Å². The van der Waals surface area contributed by atoms with Gasteiger partial charge in [-0.2, -0.15) is 0 Å². The lowest BCUT2D eigenvalue weighted by molar-refractivity contribution is -0.383. The molecule has 1 aromatic rings. The van der Waals surface area contributed by atoms with E-state index in [1.165, 1.54) is 6.07 Å². The number of piperidine rings is 1. The fraction of sp³-hybridized carbons (Fsp3) is 0.462. The molecule has 1 amide bonds. The third-order valence-corrected chi connectivity index (χ3v) is 3.61. The second-order valence-electron chi connectivity index (χ2n) is 4.90. The van der Waals surface area contributed by atoms with E-state index in [9.17, 15) is 14.9 Å². The molecule has 0 radical (unpaired) electrons. The van der Waals surface area contributed by atoms with Crippen molar-refractivity contribution >= 4 is 23.0 Å². The van der Waals surface area contributed by atoms with Crippen LogP contribution >= 0.6 is 0 Å². The Labute approximate surface area is 116 Å². The average Bonchev–Trinajstić information content (AvgIpc) is 2.46. The van der Waals surface area contributed by atoms with Crippen LogP contribution < -0.4 is 16.0 Å². The molecule has 1 aliphatic rings. The number of carbonyl (C=O) groups is 1. The van der Waals surface area contributed by atoms with Crippen LogP contribution in [0.2, 0.25) is 0 Å². The van der Waals surface area contributed by atoms with Gasteiger partial charge in [-0.05, 0) is 25.0 Å². The summed E-state index contributed by atoms with van der Waals surface area (Å²) in [6.45, 7) is 1.43. The molecule has 1 fully saturated rings. The predicted octanol–water partition coefficient (Wildman–Crippen LogP) is 1.14. The summed E-state index contributed by atoms with van der Waals surface area (Å²) >= 11 is 0. The highest BCUT2D eigenvalue weighted by Crippen LogP contribution is 2.29. The summed E-state index contributed by atoms with van der Waals surface area (Å²) in [6, 6.07) is 4.69. The number of nitro groups is 1. The Morgan fingerprint density at radius 2 is 2.30 bits per heavy atom. The summed E-state index contributed by atoms with van der Waals surface area (Å²) in [5.74, 6) is -0.0187. The van der Waals surface area contributed by atoms with Gasteiger partial charge in [0, 0.05) is 31.9 Å². The summed E-state index contributed by atoms with van der Waals surface area (Å²) in [5, 5.41) is 13.4. The molecule has 1 saturated heterocycles. The van der Waals surface area contributed by atoms with E-state index in [1.807, 2.05) is 4.90 Å². The molecule has 1 aromatic carbocycles. The lowest BCUT2D eigenvalue weighted by atomic mass is 9.96. The largest absolute Gasteiger partial charge is 0.393 e. The molecular weight excluding hydrogens is 260 g/mol. The summed E-state index contributed by atoms with van der Waals surface area (Å²) < 4.78 is 0. The van der Waals surface area contributed by atoms with Crippen molar-refractivity contribution in [2.24, 2.45) is 5.92 Å². The second-order valence-corrected chi connectivity index (χ2v) is 4.90. The zero-order chi connectivity index (χ0) is 14.7. The molecule has 2 rings (SSSR count). The van der Waals surface area contributed by atoms with Crippen LogP contribution in [-0.4, -0.2) is 31.0 Å². The standard InChI is InChI=1S/C13H18N4O3/c1-15-13(18)9-3-2-6-16(8-9)10-4-5-12(17(19)20)11(14)7-10/h4-5,7,9H,2-3,6,8,14H2,1H3,(H,15,18). The number of hydrogen-bond acceptors (Lipinski definition) is 5. The van der Waals surface area contributed by atoms with E-state index in [0.29, 0.717) is 6.54 Å². The minimum atomic E-state index is -0.497. The van der Waals surface area contributed by atoms with Crippen molar-refractivity contribution in [3.8, 4) is 0 Å². The molecule has 0 spiro atoms. The Morgan fingerprint density at radius 3 is 2.90 bits per heavy atom. The summed E-state index contributed by atoms with van der Waals surface area (Å²) in [7, 11) is 1.63. The van der Waals surface area contributed by atoms with E-state index in [-0.39, 0.29) is 23.2 Å². The summed E-state index contributed by atoms with van der Waals surface area (Å²) in [4.78, 5) is 24.0. The number of nitrogen functional groups attached to an aromatic ring is 1. The first kappa shape index (κ1) is 14.1. The van der Waals surface area contributed by atoms with Crippen LogP contribution in [0.25, 0.3) is 0 Å². The number of nitrogens with two attached hydrogens (primary N) is 1. The van der Waals surface area contributed by atoms with Gasteiger partial charge in [-0.25, -0.2) is 0 Å². The topological polar surface area (TPSA) is 102 Å². The van der Waals surface area contributed by atoms with Gasteiger partial charge in [-0.15, -0.1) is 0 Å². The zero-order valence-corrected chi connectivity index (χ0v) is 11.3. The molecule has 108 valence electrons. The van der Waals surface area contributed by atoms with Crippen molar-refractivity contribution in [3.05, 3.63) is 28.3 Å². The molecule has 1 aliphatic heterocycles. The molecule has 0 aromatic heterocycles. The van der Waals surface area contributed by atoms with Gasteiger partial charge in [0.25, 0.3) is 5.69 Å². The number of benzene rings is 1. The molecule has 3 N–H and O–H groups in total. The first-order valence-corrected chi connectivity index (χ1v) is 6.53. The van der Waals surface area contributed by atoms with Gasteiger partial charge in [-0.1, -0.05) is 0 Å². The number of carbonyl (C=O) groups excluding carboxylic acids is 1. The zero-order valence-electron chi connectivity index (χ0n) is 11.3. The van der Waals surface area contributed by atoms with Crippen molar-refractivity contribution in [2.45, 2.75) is 12.8 Å². The van der Waals surface area contributed by atoms with Crippen molar-refractivity contribution in [2.75, 3.05) is 30.8 Å². The van der Waals surface area contributed by atoms with Crippen LogP contribution in [0, 0.1) is 16.0 Å². The van der Waals surface area contributed by atoms with Crippen molar-refractivity contribution in [1.29, 1.82) is 0 Å². The first-order chi connectivity index (χ1) is 9.52. The van der Waals surface area contributed by atoms with Crippen LogP contribution in [0.1, 0.15) is 12.8 Å². The van der Waals surface area contributed by atoms with Crippen LogP contribution in [-0.2, 0) is 4.79 Å². The third kappa shape index (κ3) is 2.81. The second kappa shape index (κ2) is 5.77. The number of nitrogens with zero attached hydrogens (tertiary/aromatic N) is 2. The quantitative estimate of drug-likeness (QED) is 0.490. The number of anilines is 2. The highest BCUT2D eigenvalue weighted by Gasteiger charge is 2.25. The number of hydrogen-bond donors (Lipinski definition) is 2. The number of nitrogens with one attached hydrogen (secondary N) is 1. The highest BCUT2D eigenvalue weighted by molar-refractivity contribution is 5.79. The number of rotatable bonds is 3. The maximum atomic E-state index is 11.7. The van der Waals surface area contributed by atoms with E-state index in [1.54, 1.807) is 19.2 Å². The van der Waals surface area contributed by atoms with E-state index in [2.05, 4.69) is 5.32 Å². The molecule has 1 heterocycles. The lowest BCUT2D eigenvalue weighted by Gasteiger charge is -2.33. The molecule has 0 saturated carbocycles. The van der Waals surface area contributed by atoms with Gasteiger partial charge in [-0.3, -0.25) is 14.9 Å². The van der Waals surface area contributed by atoms with Gasteiger partial charge < -0.3 is 16.0 Å². The Kier molecular flexibility index (Phi) is 4.07. The maximum Gasteiger partial charge on any atom is 0.292 e. The van der Waals surface area contributed by atoms with Crippen LogP contribution in [0.15, 0.2) is 18.2 Å². The SMILES string of the molecule is CNC(=O)C1CCCN(c2ccc([N+](=O)[O-])c(N)c2)C1. The lowest BCUT2D eigenvalue weighted by Crippen LogP contribution is -2.42. The van der Waals surface area contributed by atoms with E-state index in [0.717, 1.165) is 25.1 Å². The van der Waals surface area contributed by atoms with Gasteiger partial charge in [0.15, 0.2) is 0 Å². The van der Waals surface area contributed by atoms with Crippen molar-refractivity contribution < 1.29 is 9.72 Å². The highest BCUT2D eigenvalue weighted by atomic mass is 16.6. The minimum absolute atomic E-state index is 0.0320. The summed E-state index contributed by atoms with van der Waals surface area (Å²) in [6.07, 6.45) is 1.77. The van der Waals surface area contributed by atoms with Crippen LogP contribution in [0.4, 0.5) is 17.1 Å². The van der Waals surface area contributed by atoms with Gasteiger partial charge in [0.1, 0.15) is 5.69 Å². The first-order valence-electron chi connectivity index (χ1n) is 6.53. The fourth-order valence-corrected chi connectivity index (χ4v) is 2.53. The molecule has 20 heavy (non-hydrogen) atoms. The Morgan fingerprint density at radius 1 is 1.55 bits per heavy atom. The molecule has 7 heteroatoms. The van der Waals surface area contributed by atoms with Crippen molar-refractivity contribution in [1.82, 2.24) is 5.32 Å². The molecule has 7 nitrogen and oxygen atoms in total. The molecule has 1 unspecified atom stereocenters. The predicted molar refractivity (Wildman–Crippen MR) is 76.5 cm³/mol. The Bertz CT molecular complexity index is 532. The van der Waals surface area contributed by atoms with E-state index < -0.39 is 4.92 Å². The smallest absolute Gasteiger partial charge is 0.292 e. The molecule has 1 atom stereocenters. The minimum Gasteiger partial charge on any atom is -0.393 e. The average molecular weight is 278 g/mol. The number of nitro benzene ring substituents is 1. The molecular formula is C13H18N4O3. The summed E-state index contributed by atoms with van der Waals surface area (Å²) in [5.41, 5.74) is 6.58. The third-order valence-electron chi connectivity index (χ3n) is 3.61. The Balaban J connectivity index is 2.17. The van der Waals surface area contributed by atoms with Gasteiger partial charge in [0.2, 0.25) is 5.91 Å². The number of amides is 1. The fourth-order valence-electron chi connectivity index (χ4n) is 2.53. The molecule has 0 bridgehead atoms. The van der Waals surface area contributed by atoms with E-state index >= 15 is 0 Å². The molecule has 0 aliphatic carbocycles. The monoisotopic (exact) mass is 278 g/mol. The Hall–Kier alpha value is -2.31.